The molecule has 0 saturated carbocycles. The van der Waals surface area contributed by atoms with Crippen LogP contribution in [0.4, 0.5) is 5.13 Å². The maximum Gasteiger partial charge on any atom is 0.246 e. The number of nitrogens with one attached hydrogen (secondary N) is 1. The van der Waals surface area contributed by atoms with Crippen molar-refractivity contribution in [3.63, 3.8) is 0 Å². The summed E-state index contributed by atoms with van der Waals surface area (Å²) in [6.07, 6.45) is 3.22. The minimum atomic E-state index is -1.00. The normalized spacial score (nSPS) is 14.3. The van der Waals surface area contributed by atoms with Crippen molar-refractivity contribution in [1.82, 2.24) is 4.98 Å². The number of carbonyl (C=O) groups is 1. The average Bonchev–Trinajstić information content (AvgIpc) is 2.77. The van der Waals surface area contributed by atoms with Gasteiger partial charge in [-0.1, -0.05) is 0 Å². The number of hydrogen-bond donors (Lipinski definition) is 1. The predicted molar refractivity (Wildman–Crippen MR) is 62.2 cm³/mol. The molecule has 1 heterocycles. The summed E-state index contributed by atoms with van der Waals surface area (Å²) in [7, 11) is 0. The monoisotopic (exact) mass is 235 g/mol. The van der Waals surface area contributed by atoms with Crippen LogP contribution in [0, 0.1) is 16.7 Å². The van der Waals surface area contributed by atoms with Crippen LogP contribution in [0.3, 0.4) is 0 Å². The minimum absolute atomic E-state index is 0.289. The lowest BCUT2D eigenvalue weighted by molar-refractivity contribution is -0.121. The molecule has 0 bridgehead atoms. The largest absolute Gasteiger partial charge is 0.301 e. The number of fused-ring (bicyclic) bond motifs is 1. The second-order valence-corrected chi connectivity index (χ2v) is 5.52. The van der Waals surface area contributed by atoms with Gasteiger partial charge in [-0.05, 0) is 33.1 Å². The summed E-state index contributed by atoms with van der Waals surface area (Å²) in [6, 6.07) is 1.98. The third kappa shape index (κ3) is 1.93. The zero-order chi connectivity index (χ0) is 11.8. The zero-order valence-electron chi connectivity index (χ0n) is 9.33. The fraction of sp³-hybridized carbons (Fsp3) is 0.545. The Bertz CT molecular complexity index is 449. The van der Waals surface area contributed by atoms with Gasteiger partial charge in [0.1, 0.15) is 5.41 Å². The van der Waals surface area contributed by atoms with Crippen molar-refractivity contribution in [3.05, 3.63) is 10.6 Å². The fourth-order valence-electron chi connectivity index (χ4n) is 1.55. The van der Waals surface area contributed by atoms with Crippen molar-refractivity contribution in [2.75, 3.05) is 5.32 Å². The number of aromatic nitrogens is 1. The Morgan fingerprint density at radius 2 is 2.31 bits per heavy atom. The van der Waals surface area contributed by atoms with E-state index in [-0.39, 0.29) is 5.91 Å². The summed E-state index contributed by atoms with van der Waals surface area (Å²) in [6.45, 7) is 3.20. The molecule has 84 valence electrons. The molecule has 4 nitrogen and oxygen atoms in total. The van der Waals surface area contributed by atoms with Crippen LogP contribution in [0.2, 0.25) is 0 Å². The highest BCUT2D eigenvalue weighted by Crippen LogP contribution is 2.31. The van der Waals surface area contributed by atoms with E-state index in [0.717, 1.165) is 25.0 Å². The van der Waals surface area contributed by atoms with E-state index in [1.165, 1.54) is 16.2 Å². The smallest absolute Gasteiger partial charge is 0.246 e. The van der Waals surface area contributed by atoms with Crippen LogP contribution in [-0.2, 0) is 17.6 Å². The molecule has 0 aromatic carbocycles. The van der Waals surface area contributed by atoms with Gasteiger partial charge < -0.3 is 5.32 Å². The van der Waals surface area contributed by atoms with Gasteiger partial charge in [-0.2, -0.15) is 5.26 Å². The molecule has 1 aliphatic rings. The predicted octanol–water partition coefficient (Wildman–Crippen LogP) is 2.12. The number of amides is 1. The van der Waals surface area contributed by atoms with Gasteiger partial charge in [0, 0.05) is 4.88 Å². The molecule has 1 aliphatic carbocycles. The molecule has 2 rings (SSSR count). The highest BCUT2D eigenvalue weighted by atomic mass is 32.1. The molecular formula is C11H13N3OS. The molecule has 16 heavy (non-hydrogen) atoms. The standard InChI is InChI=1S/C11H13N3OS/c1-11(2,6-12)9(15)14-10-13-7-4-3-5-8(7)16-10/h3-5H2,1-2H3,(H,13,14,15). The van der Waals surface area contributed by atoms with Crippen molar-refractivity contribution < 1.29 is 4.79 Å². The van der Waals surface area contributed by atoms with Gasteiger partial charge in [0.15, 0.2) is 5.13 Å². The Morgan fingerprint density at radius 1 is 1.56 bits per heavy atom. The molecule has 0 unspecified atom stereocenters. The van der Waals surface area contributed by atoms with E-state index in [1.807, 2.05) is 6.07 Å². The number of thiazole rings is 1. The van der Waals surface area contributed by atoms with Gasteiger partial charge in [-0.15, -0.1) is 11.3 Å². The van der Waals surface area contributed by atoms with E-state index in [2.05, 4.69) is 10.3 Å². The van der Waals surface area contributed by atoms with Crippen LogP contribution in [0.1, 0.15) is 30.8 Å². The molecule has 0 aliphatic heterocycles. The molecular weight excluding hydrogens is 222 g/mol. The summed E-state index contributed by atoms with van der Waals surface area (Å²) in [5.74, 6) is -0.289. The van der Waals surface area contributed by atoms with Crippen molar-refractivity contribution >= 4 is 22.4 Å². The van der Waals surface area contributed by atoms with E-state index in [9.17, 15) is 4.79 Å². The summed E-state index contributed by atoms with van der Waals surface area (Å²) >= 11 is 1.52. The first-order valence-corrected chi connectivity index (χ1v) is 6.06. The highest BCUT2D eigenvalue weighted by molar-refractivity contribution is 7.15. The number of aryl methyl sites for hydroxylation is 2. The van der Waals surface area contributed by atoms with Crippen molar-refractivity contribution in [2.24, 2.45) is 5.41 Å². The van der Waals surface area contributed by atoms with E-state index in [4.69, 9.17) is 5.26 Å². The molecule has 1 amide bonds. The second kappa shape index (κ2) is 3.87. The Labute approximate surface area is 98.3 Å². The van der Waals surface area contributed by atoms with Gasteiger partial charge in [-0.25, -0.2) is 4.98 Å². The summed E-state index contributed by atoms with van der Waals surface area (Å²) < 4.78 is 0. The number of anilines is 1. The van der Waals surface area contributed by atoms with Crippen LogP contribution in [-0.4, -0.2) is 10.9 Å². The number of carbonyl (C=O) groups excluding carboxylic acids is 1. The van der Waals surface area contributed by atoms with Crippen LogP contribution < -0.4 is 5.32 Å². The first kappa shape index (κ1) is 11.1. The van der Waals surface area contributed by atoms with Gasteiger partial charge in [0.05, 0.1) is 11.8 Å². The second-order valence-electron chi connectivity index (χ2n) is 4.43. The molecule has 1 aromatic rings. The number of rotatable bonds is 2. The molecule has 0 atom stereocenters. The van der Waals surface area contributed by atoms with Crippen LogP contribution >= 0.6 is 11.3 Å². The van der Waals surface area contributed by atoms with Gasteiger partial charge in [-0.3, -0.25) is 4.79 Å². The Morgan fingerprint density at radius 3 is 2.94 bits per heavy atom. The number of nitriles is 1. The molecule has 1 aromatic heterocycles. The van der Waals surface area contributed by atoms with E-state index < -0.39 is 5.41 Å². The first-order chi connectivity index (χ1) is 7.53. The lowest BCUT2D eigenvalue weighted by Gasteiger charge is -2.12. The molecule has 0 saturated heterocycles. The van der Waals surface area contributed by atoms with Gasteiger partial charge >= 0.3 is 0 Å². The van der Waals surface area contributed by atoms with Crippen molar-refractivity contribution in [3.8, 4) is 6.07 Å². The van der Waals surface area contributed by atoms with Gasteiger partial charge in [0.25, 0.3) is 0 Å². The lowest BCUT2D eigenvalue weighted by Crippen LogP contribution is -2.29. The Hall–Kier alpha value is -1.41. The molecule has 0 fully saturated rings. The van der Waals surface area contributed by atoms with Gasteiger partial charge in [0.2, 0.25) is 5.91 Å². The van der Waals surface area contributed by atoms with E-state index in [0.29, 0.717) is 5.13 Å². The summed E-state index contributed by atoms with van der Waals surface area (Å²) in [5.41, 5.74) is 0.103. The lowest BCUT2D eigenvalue weighted by atomic mass is 9.95. The first-order valence-electron chi connectivity index (χ1n) is 5.24. The SMILES string of the molecule is CC(C)(C#N)C(=O)Nc1nc2c(s1)CCC2. The Balaban J connectivity index is 2.11. The fourth-order valence-corrected chi connectivity index (χ4v) is 2.59. The quantitative estimate of drug-likeness (QED) is 0.853. The molecule has 0 radical (unpaired) electrons. The van der Waals surface area contributed by atoms with Crippen LogP contribution in [0.15, 0.2) is 0 Å². The third-order valence-electron chi connectivity index (χ3n) is 2.66. The molecule has 5 heteroatoms. The molecule has 1 N–H and O–H groups in total. The zero-order valence-corrected chi connectivity index (χ0v) is 10.1. The maximum absolute atomic E-state index is 11.7. The minimum Gasteiger partial charge on any atom is -0.301 e. The number of hydrogen-bond acceptors (Lipinski definition) is 4. The van der Waals surface area contributed by atoms with Crippen LogP contribution in [0.5, 0.6) is 0 Å². The van der Waals surface area contributed by atoms with Crippen molar-refractivity contribution in [2.45, 2.75) is 33.1 Å². The van der Waals surface area contributed by atoms with E-state index in [1.54, 1.807) is 13.8 Å². The maximum atomic E-state index is 11.7. The number of nitrogens with zero attached hydrogens (tertiary/aromatic N) is 2. The van der Waals surface area contributed by atoms with E-state index >= 15 is 0 Å². The molecule has 0 spiro atoms. The topological polar surface area (TPSA) is 65.8 Å². The highest BCUT2D eigenvalue weighted by Gasteiger charge is 2.28. The average molecular weight is 235 g/mol. The Kier molecular flexibility index (Phi) is 2.68. The van der Waals surface area contributed by atoms with Crippen molar-refractivity contribution in [1.29, 1.82) is 5.26 Å². The summed E-state index contributed by atoms with van der Waals surface area (Å²) in [4.78, 5) is 17.3. The van der Waals surface area contributed by atoms with Crippen LogP contribution in [0.25, 0.3) is 0 Å². The third-order valence-corrected chi connectivity index (χ3v) is 3.74. The summed E-state index contributed by atoms with van der Waals surface area (Å²) in [5, 5.41) is 12.2.